The third-order valence-electron chi connectivity index (χ3n) is 8.93. The van der Waals surface area contributed by atoms with E-state index in [1.54, 1.807) is 24.3 Å². The fraction of sp³-hybridized carbons (Fsp3) is 0.533. The van der Waals surface area contributed by atoms with Crippen molar-refractivity contribution in [1.29, 1.82) is 0 Å². The number of likely N-dealkylation sites (tertiary alicyclic amines) is 2. The van der Waals surface area contributed by atoms with E-state index in [1.807, 2.05) is 4.90 Å². The van der Waals surface area contributed by atoms with Gasteiger partial charge in [0.25, 0.3) is 5.91 Å². The number of hydrogen-bond acceptors (Lipinski definition) is 5. The number of nitrogens with two attached hydrogens (primary N) is 1. The van der Waals surface area contributed by atoms with E-state index in [0.717, 1.165) is 18.9 Å². The Kier molecular flexibility index (Phi) is 8.29. The van der Waals surface area contributed by atoms with E-state index < -0.39 is 41.4 Å². The zero-order valence-electron chi connectivity index (χ0n) is 22.7. The second kappa shape index (κ2) is 11.6. The number of nitrogens with zero attached hydrogens (tertiary/aromatic N) is 2. The van der Waals surface area contributed by atoms with Crippen LogP contribution in [0.4, 0.5) is 17.6 Å². The minimum atomic E-state index is -4.15. The number of piperidine rings is 1. The maximum Gasteiger partial charge on any atom is 0.395 e. The minimum absolute atomic E-state index is 0.0545. The summed E-state index contributed by atoms with van der Waals surface area (Å²) in [7, 11) is 0. The Balaban J connectivity index is 1.13. The lowest BCUT2D eigenvalue weighted by molar-refractivity contribution is -0.256. The number of primary amides is 1. The Hall–Kier alpha value is -3.18. The van der Waals surface area contributed by atoms with Crippen molar-refractivity contribution in [2.45, 2.75) is 56.8 Å². The summed E-state index contributed by atoms with van der Waals surface area (Å²) in [5.74, 6) is -1.13. The Bertz CT molecular complexity index is 1260. The van der Waals surface area contributed by atoms with Crippen LogP contribution in [0.25, 0.3) is 11.1 Å². The predicted molar refractivity (Wildman–Crippen MR) is 143 cm³/mol. The summed E-state index contributed by atoms with van der Waals surface area (Å²) in [6.45, 7) is 1.96. The zero-order chi connectivity index (χ0) is 29.4. The van der Waals surface area contributed by atoms with Gasteiger partial charge in [0.15, 0.2) is 0 Å². The molecule has 0 bridgehead atoms. The van der Waals surface area contributed by atoms with Crippen LogP contribution < -0.4 is 10.5 Å². The minimum Gasteiger partial charge on any atom is -0.493 e. The van der Waals surface area contributed by atoms with E-state index in [-0.39, 0.29) is 49.4 Å². The van der Waals surface area contributed by atoms with E-state index in [1.165, 1.54) is 17.0 Å². The molecule has 41 heavy (non-hydrogen) atoms. The molecule has 0 aromatic heterocycles. The molecule has 0 spiro atoms. The van der Waals surface area contributed by atoms with E-state index in [4.69, 9.17) is 10.5 Å². The summed E-state index contributed by atoms with van der Waals surface area (Å²) in [5.41, 5.74) is 4.73. The van der Waals surface area contributed by atoms with Crippen molar-refractivity contribution < 1.29 is 37.0 Å². The van der Waals surface area contributed by atoms with Gasteiger partial charge in [-0.25, -0.2) is 4.39 Å². The second-order valence-corrected chi connectivity index (χ2v) is 11.6. The highest BCUT2D eigenvalue weighted by atomic mass is 19.4. The lowest BCUT2D eigenvalue weighted by Crippen LogP contribution is -2.53. The highest BCUT2D eigenvalue weighted by molar-refractivity contribution is 5.98. The number of carbonyl (C=O) groups is 2. The van der Waals surface area contributed by atoms with Crippen molar-refractivity contribution >= 4 is 11.8 Å². The first-order chi connectivity index (χ1) is 19.5. The standard InChI is InChI=1S/C30H35F4N3O4/c31-24-16-21(28(40)37-15-10-25(38)26(37)27(35)39)4-7-23(24)20-2-5-22(6-3-20)41-17-19-8-13-36(14-9-19)18-29(11-1-12-29)30(32,33)34/h2-7,16,19,25-26,38H,1,8-15,17-18H2,(H2,35,39). The van der Waals surface area contributed by atoms with Gasteiger partial charge in [-0.2, -0.15) is 13.2 Å². The summed E-state index contributed by atoms with van der Waals surface area (Å²) in [6, 6.07) is 9.83. The van der Waals surface area contributed by atoms with Gasteiger partial charge < -0.3 is 25.4 Å². The number of hydrogen-bond donors (Lipinski definition) is 2. The van der Waals surface area contributed by atoms with Gasteiger partial charge in [-0.15, -0.1) is 0 Å². The molecule has 0 radical (unpaired) electrons. The Labute approximate surface area is 236 Å². The first-order valence-electron chi connectivity index (χ1n) is 14.1. The third-order valence-corrected chi connectivity index (χ3v) is 8.93. The molecule has 2 aliphatic heterocycles. The highest BCUT2D eigenvalue weighted by Crippen LogP contribution is 2.53. The fourth-order valence-corrected chi connectivity index (χ4v) is 6.21. The Morgan fingerprint density at radius 1 is 1.02 bits per heavy atom. The van der Waals surface area contributed by atoms with Gasteiger partial charge in [0.05, 0.1) is 18.1 Å². The lowest BCUT2D eigenvalue weighted by atomic mass is 9.67. The molecule has 3 N–H and O–H groups in total. The molecule has 1 saturated carbocycles. The molecule has 3 fully saturated rings. The SMILES string of the molecule is NC(=O)C1C(O)CCN1C(=O)c1ccc(-c2ccc(OCC3CCN(CC4(C(F)(F)F)CCC4)CC3)cc2)c(F)c1. The summed E-state index contributed by atoms with van der Waals surface area (Å²) in [4.78, 5) is 27.7. The van der Waals surface area contributed by atoms with Crippen molar-refractivity contribution in [3.05, 3.63) is 53.8 Å². The molecule has 2 amide bonds. The van der Waals surface area contributed by atoms with Crippen LogP contribution in [-0.4, -0.2) is 77.8 Å². The smallest absolute Gasteiger partial charge is 0.395 e. The zero-order valence-corrected chi connectivity index (χ0v) is 22.7. The molecule has 11 heteroatoms. The van der Waals surface area contributed by atoms with Gasteiger partial charge in [-0.05, 0) is 80.9 Å². The third kappa shape index (κ3) is 6.06. The predicted octanol–water partition coefficient (Wildman–Crippen LogP) is 4.38. The number of aliphatic hydroxyl groups is 1. The van der Waals surface area contributed by atoms with Crippen LogP contribution in [0.1, 0.15) is 48.9 Å². The average molecular weight is 578 g/mol. The summed E-state index contributed by atoms with van der Waals surface area (Å²) in [6.07, 6.45) is -2.33. The van der Waals surface area contributed by atoms with Gasteiger partial charge >= 0.3 is 6.18 Å². The summed E-state index contributed by atoms with van der Waals surface area (Å²) in [5, 5.41) is 9.97. The van der Waals surface area contributed by atoms with E-state index in [0.29, 0.717) is 37.4 Å². The molecule has 5 rings (SSSR count). The molecule has 7 nitrogen and oxygen atoms in total. The van der Waals surface area contributed by atoms with E-state index >= 15 is 4.39 Å². The van der Waals surface area contributed by atoms with Gasteiger partial charge in [0, 0.05) is 24.2 Å². The first kappa shape index (κ1) is 29.3. The van der Waals surface area contributed by atoms with Crippen LogP contribution in [0.2, 0.25) is 0 Å². The summed E-state index contributed by atoms with van der Waals surface area (Å²) >= 11 is 0. The summed E-state index contributed by atoms with van der Waals surface area (Å²) < 4.78 is 61.5. The highest BCUT2D eigenvalue weighted by Gasteiger charge is 2.58. The molecule has 3 aliphatic rings. The fourth-order valence-electron chi connectivity index (χ4n) is 6.21. The van der Waals surface area contributed by atoms with Gasteiger partial charge in [-0.3, -0.25) is 9.59 Å². The number of alkyl halides is 3. The molecule has 2 saturated heterocycles. The lowest BCUT2D eigenvalue weighted by Gasteiger charge is -2.47. The van der Waals surface area contributed by atoms with Gasteiger partial charge in [0.2, 0.25) is 5.91 Å². The van der Waals surface area contributed by atoms with Crippen LogP contribution in [-0.2, 0) is 4.79 Å². The van der Waals surface area contributed by atoms with Crippen molar-refractivity contribution in [1.82, 2.24) is 9.80 Å². The van der Waals surface area contributed by atoms with Crippen LogP contribution in [0.15, 0.2) is 42.5 Å². The van der Waals surface area contributed by atoms with Crippen LogP contribution >= 0.6 is 0 Å². The monoisotopic (exact) mass is 577 g/mol. The van der Waals surface area contributed by atoms with Crippen LogP contribution in [0.3, 0.4) is 0 Å². The second-order valence-electron chi connectivity index (χ2n) is 11.6. The van der Waals surface area contributed by atoms with Crippen molar-refractivity contribution in [3.63, 3.8) is 0 Å². The van der Waals surface area contributed by atoms with Gasteiger partial charge in [0.1, 0.15) is 17.6 Å². The van der Waals surface area contributed by atoms with E-state index in [9.17, 15) is 27.9 Å². The quantitative estimate of drug-likeness (QED) is 0.455. The molecule has 2 heterocycles. The number of ether oxygens (including phenoxy) is 1. The normalized spacial score (nSPS) is 23.3. The molecule has 1 aliphatic carbocycles. The van der Waals surface area contributed by atoms with Crippen molar-refractivity contribution in [3.8, 4) is 16.9 Å². The first-order valence-corrected chi connectivity index (χ1v) is 14.1. The largest absolute Gasteiger partial charge is 0.493 e. The number of carbonyl (C=O) groups excluding carboxylic acids is 2. The number of amides is 2. The average Bonchev–Trinajstić information content (AvgIpc) is 3.31. The maximum atomic E-state index is 15.0. The number of halogens is 4. The van der Waals surface area contributed by atoms with Gasteiger partial charge in [-0.1, -0.05) is 24.6 Å². The molecule has 222 valence electrons. The van der Waals surface area contributed by atoms with Crippen LogP contribution in [0.5, 0.6) is 5.75 Å². The molecule has 2 unspecified atom stereocenters. The van der Waals surface area contributed by atoms with Crippen LogP contribution in [0, 0.1) is 17.2 Å². The molecule has 2 aromatic rings. The topological polar surface area (TPSA) is 96.1 Å². The molecule has 2 atom stereocenters. The number of rotatable bonds is 8. The Morgan fingerprint density at radius 2 is 1.71 bits per heavy atom. The molecule has 2 aromatic carbocycles. The van der Waals surface area contributed by atoms with E-state index in [2.05, 4.69) is 0 Å². The molecular formula is C30H35F4N3O4. The number of benzene rings is 2. The Morgan fingerprint density at radius 3 is 2.27 bits per heavy atom. The van der Waals surface area contributed by atoms with Crippen molar-refractivity contribution in [2.24, 2.45) is 17.1 Å². The maximum absolute atomic E-state index is 15.0. The molecular weight excluding hydrogens is 542 g/mol. The van der Waals surface area contributed by atoms with Crippen molar-refractivity contribution in [2.75, 3.05) is 32.8 Å². The number of aliphatic hydroxyl groups excluding tert-OH is 1.